The number of aryl methyl sites for hydroxylation is 1. The molecular formula is C20H24ClN3O. The Bertz CT molecular complexity index is 727. The minimum Gasteiger partial charge on any atom is -0.324 e. The van der Waals surface area contributed by atoms with E-state index >= 15 is 0 Å². The Kier molecular flexibility index (Phi) is 5.74. The SMILES string of the molecule is Cc1ccc(NC(=O)[C@H](c2ccccc2)N2CCN(C)CC2)cc1Cl. The Balaban J connectivity index is 1.83. The van der Waals surface area contributed by atoms with Crippen LogP contribution in [0.2, 0.25) is 5.02 Å². The van der Waals surface area contributed by atoms with Crippen LogP contribution in [0.25, 0.3) is 0 Å². The van der Waals surface area contributed by atoms with Crippen molar-refractivity contribution in [1.29, 1.82) is 0 Å². The third kappa shape index (κ3) is 4.40. The normalized spacial score (nSPS) is 17.2. The molecule has 0 radical (unpaired) electrons. The topological polar surface area (TPSA) is 35.6 Å². The van der Waals surface area contributed by atoms with Crippen LogP contribution in [0.1, 0.15) is 17.2 Å². The summed E-state index contributed by atoms with van der Waals surface area (Å²) in [6.07, 6.45) is 0. The molecule has 1 N–H and O–H groups in total. The first-order valence-electron chi connectivity index (χ1n) is 8.59. The third-order valence-electron chi connectivity index (χ3n) is 4.71. The summed E-state index contributed by atoms with van der Waals surface area (Å²) in [5, 5.41) is 3.70. The highest BCUT2D eigenvalue weighted by atomic mass is 35.5. The molecule has 0 spiro atoms. The average molecular weight is 358 g/mol. The molecule has 4 nitrogen and oxygen atoms in total. The second-order valence-corrected chi connectivity index (χ2v) is 7.01. The molecule has 0 aromatic heterocycles. The van der Waals surface area contributed by atoms with Gasteiger partial charge >= 0.3 is 0 Å². The zero-order valence-corrected chi connectivity index (χ0v) is 15.5. The van der Waals surface area contributed by atoms with Crippen LogP contribution >= 0.6 is 11.6 Å². The van der Waals surface area contributed by atoms with Crippen LogP contribution in [0.3, 0.4) is 0 Å². The van der Waals surface area contributed by atoms with Crippen LogP contribution in [-0.2, 0) is 4.79 Å². The summed E-state index contributed by atoms with van der Waals surface area (Å²) in [5.74, 6) is -0.0179. The van der Waals surface area contributed by atoms with Gasteiger partial charge in [-0.1, -0.05) is 48.0 Å². The molecule has 1 saturated heterocycles. The molecule has 1 aliphatic rings. The maximum atomic E-state index is 13.1. The number of amides is 1. The summed E-state index contributed by atoms with van der Waals surface area (Å²) in [4.78, 5) is 17.6. The molecule has 0 aliphatic carbocycles. The van der Waals surface area contributed by atoms with Crippen molar-refractivity contribution in [3.05, 3.63) is 64.7 Å². The van der Waals surface area contributed by atoms with Crippen LogP contribution in [0.4, 0.5) is 5.69 Å². The molecule has 3 rings (SSSR count). The number of nitrogens with one attached hydrogen (secondary N) is 1. The fraction of sp³-hybridized carbons (Fsp3) is 0.350. The number of carbonyl (C=O) groups excluding carboxylic acids is 1. The Morgan fingerprint density at radius 1 is 1.08 bits per heavy atom. The lowest BCUT2D eigenvalue weighted by Crippen LogP contribution is -2.48. The summed E-state index contributed by atoms with van der Waals surface area (Å²) in [7, 11) is 2.11. The first-order valence-corrected chi connectivity index (χ1v) is 8.97. The number of hydrogen-bond acceptors (Lipinski definition) is 3. The van der Waals surface area contributed by atoms with E-state index in [0.29, 0.717) is 5.02 Å². The quantitative estimate of drug-likeness (QED) is 0.908. The van der Waals surface area contributed by atoms with Crippen molar-refractivity contribution in [3.63, 3.8) is 0 Å². The second kappa shape index (κ2) is 8.00. The van der Waals surface area contributed by atoms with Gasteiger partial charge in [0.2, 0.25) is 5.91 Å². The molecule has 25 heavy (non-hydrogen) atoms. The smallest absolute Gasteiger partial charge is 0.246 e. The highest BCUT2D eigenvalue weighted by molar-refractivity contribution is 6.31. The van der Waals surface area contributed by atoms with Gasteiger partial charge in [0.15, 0.2) is 0 Å². The number of halogens is 1. The Morgan fingerprint density at radius 2 is 1.76 bits per heavy atom. The van der Waals surface area contributed by atoms with Gasteiger partial charge in [0.25, 0.3) is 0 Å². The third-order valence-corrected chi connectivity index (χ3v) is 5.11. The fourth-order valence-corrected chi connectivity index (χ4v) is 3.31. The summed E-state index contributed by atoms with van der Waals surface area (Å²) in [6, 6.07) is 15.3. The standard InChI is InChI=1S/C20H24ClN3O/c1-15-8-9-17(14-18(15)21)22-20(25)19(16-6-4-3-5-7-16)24-12-10-23(2)11-13-24/h3-9,14,19H,10-13H2,1-2H3,(H,22,25)/t19-/m0/s1. The maximum absolute atomic E-state index is 13.1. The molecule has 2 aromatic carbocycles. The van der Waals surface area contributed by atoms with Crippen molar-refractivity contribution < 1.29 is 4.79 Å². The molecule has 0 saturated carbocycles. The molecular weight excluding hydrogens is 334 g/mol. The van der Waals surface area contributed by atoms with Crippen LogP contribution in [0.15, 0.2) is 48.5 Å². The molecule has 0 unspecified atom stereocenters. The van der Waals surface area contributed by atoms with E-state index in [0.717, 1.165) is 43.0 Å². The highest BCUT2D eigenvalue weighted by Crippen LogP contribution is 2.25. The van der Waals surface area contributed by atoms with Crippen molar-refractivity contribution >= 4 is 23.2 Å². The van der Waals surface area contributed by atoms with E-state index in [1.165, 1.54) is 0 Å². The van der Waals surface area contributed by atoms with Gasteiger partial charge in [-0.3, -0.25) is 9.69 Å². The lowest BCUT2D eigenvalue weighted by molar-refractivity contribution is -0.122. The zero-order valence-electron chi connectivity index (χ0n) is 14.7. The van der Waals surface area contributed by atoms with Gasteiger partial charge in [-0.15, -0.1) is 0 Å². The van der Waals surface area contributed by atoms with Gasteiger partial charge in [0, 0.05) is 36.9 Å². The number of likely N-dealkylation sites (N-methyl/N-ethyl adjacent to an activating group) is 1. The Labute approximate surface area is 154 Å². The number of carbonyl (C=O) groups is 1. The molecule has 0 bridgehead atoms. The zero-order chi connectivity index (χ0) is 17.8. The minimum atomic E-state index is -0.296. The minimum absolute atomic E-state index is 0.0179. The molecule has 2 aromatic rings. The van der Waals surface area contributed by atoms with E-state index < -0.39 is 0 Å². The summed E-state index contributed by atoms with van der Waals surface area (Å²) in [6.45, 7) is 5.63. The molecule has 132 valence electrons. The van der Waals surface area contributed by atoms with Crippen molar-refractivity contribution in [2.24, 2.45) is 0 Å². The number of benzene rings is 2. The predicted molar refractivity (Wildman–Crippen MR) is 103 cm³/mol. The highest BCUT2D eigenvalue weighted by Gasteiger charge is 2.29. The van der Waals surface area contributed by atoms with E-state index in [2.05, 4.69) is 22.2 Å². The number of anilines is 1. The van der Waals surface area contributed by atoms with Crippen molar-refractivity contribution in [3.8, 4) is 0 Å². The number of hydrogen-bond donors (Lipinski definition) is 1. The largest absolute Gasteiger partial charge is 0.324 e. The average Bonchev–Trinajstić information content (AvgIpc) is 2.61. The molecule has 1 aliphatic heterocycles. The summed E-state index contributed by atoms with van der Waals surface area (Å²) in [5.41, 5.74) is 2.75. The first-order chi connectivity index (χ1) is 12.0. The molecule has 5 heteroatoms. The number of piperazine rings is 1. The summed E-state index contributed by atoms with van der Waals surface area (Å²) < 4.78 is 0. The van der Waals surface area contributed by atoms with E-state index in [9.17, 15) is 4.79 Å². The van der Waals surface area contributed by atoms with Gasteiger partial charge in [-0.25, -0.2) is 0 Å². The van der Waals surface area contributed by atoms with Gasteiger partial charge in [-0.05, 0) is 37.2 Å². The van der Waals surface area contributed by atoms with Crippen LogP contribution in [0.5, 0.6) is 0 Å². The van der Waals surface area contributed by atoms with E-state index in [1.807, 2.05) is 49.4 Å². The molecule has 1 atom stereocenters. The van der Waals surface area contributed by atoms with Gasteiger partial charge in [0.05, 0.1) is 0 Å². The van der Waals surface area contributed by atoms with Crippen LogP contribution in [0, 0.1) is 6.92 Å². The first kappa shape index (κ1) is 17.9. The van der Waals surface area contributed by atoms with Crippen LogP contribution in [-0.4, -0.2) is 48.9 Å². The number of nitrogens with zero attached hydrogens (tertiary/aromatic N) is 2. The lowest BCUT2D eigenvalue weighted by atomic mass is 10.0. The molecule has 1 heterocycles. The van der Waals surface area contributed by atoms with E-state index in [4.69, 9.17) is 11.6 Å². The fourth-order valence-electron chi connectivity index (χ4n) is 3.12. The lowest BCUT2D eigenvalue weighted by Gasteiger charge is -2.37. The Morgan fingerprint density at radius 3 is 2.40 bits per heavy atom. The van der Waals surface area contributed by atoms with Crippen molar-refractivity contribution in [2.75, 3.05) is 38.5 Å². The van der Waals surface area contributed by atoms with Crippen LogP contribution < -0.4 is 5.32 Å². The van der Waals surface area contributed by atoms with Crippen molar-refractivity contribution in [1.82, 2.24) is 9.80 Å². The van der Waals surface area contributed by atoms with Gasteiger partial charge in [-0.2, -0.15) is 0 Å². The van der Waals surface area contributed by atoms with E-state index in [-0.39, 0.29) is 11.9 Å². The van der Waals surface area contributed by atoms with E-state index in [1.54, 1.807) is 6.07 Å². The summed E-state index contributed by atoms with van der Waals surface area (Å²) >= 11 is 6.19. The number of rotatable bonds is 4. The Hall–Kier alpha value is -1.88. The maximum Gasteiger partial charge on any atom is 0.246 e. The monoisotopic (exact) mass is 357 g/mol. The molecule has 1 amide bonds. The molecule has 1 fully saturated rings. The van der Waals surface area contributed by atoms with Gasteiger partial charge < -0.3 is 10.2 Å². The van der Waals surface area contributed by atoms with Crippen molar-refractivity contribution in [2.45, 2.75) is 13.0 Å². The second-order valence-electron chi connectivity index (χ2n) is 6.61. The predicted octanol–water partition coefficient (Wildman–Crippen LogP) is 3.58. The van der Waals surface area contributed by atoms with Gasteiger partial charge in [0.1, 0.15) is 6.04 Å².